The predicted molar refractivity (Wildman–Crippen MR) is 83.7 cm³/mol. The average Bonchev–Trinajstić information content (AvgIpc) is 2.83. The third-order valence-corrected chi connectivity index (χ3v) is 6.41. The van der Waals surface area contributed by atoms with E-state index in [9.17, 15) is 0 Å². The molecule has 0 spiro atoms. The molecule has 2 saturated carbocycles. The minimum absolute atomic E-state index is 0.539. The summed E-state index contributed by atoms with van der Waals surface area (Å²) in [5, 5.41) is 0.539. The van der Waals surface area contributed by atoms with Crippen molar-refractivity contribution in [1.29, 1.82) is 0 Å². The Kier molecular flexibility index (Phi) is 4.83. The van der Waals surface area contributed by atoms with E-state index >= 15 is 0 Å². The van der Waals surface area contributed by atoms with Gasteiger partial charge in [0.25, 0.3) is 0 Å². The third kappa shape index (κ3) is 2.97. The molecular weight excluding hydrogens is 215 g/mol. The molecule has 18 heavy (non-hydrogen) atoms. The van der Waals surface area contributed by atoms with Crippen LogP contribution in [0.25, 0.3) is 0 Å². The van der Waals surface area contributed by atoms with Crippen molar-refractivity contribution in [3.63, 3.8) is 0 Å². The van der Waals surface area contributed by atoms with Crippen LogP contribution in [0, 0.1) is 5.92 Å². The Morgan fingerprint density at radius 2 is 1.17 bits per heavy atom. The fourth-order valence-electron chi connectivity index (χ4n) is 4.79. The molecule has 0 N–H and O–H groups in total. The molecule has 2 rings (SSSR count). The van der Waals surface area contributed by atoms with Gasteiger partial charge in [-0.1, -0.05) is 102 Å². The molecule has 2 fully saturated rings. The molecule has 0 aromatic heterocycles. The lowest BCUT2D eigenvalue weighted by Gasteiger charge is -2.45. The van der Waals surface area contributed by atoms with E-state index in [0.717, 1.165) is 24.3 Å². The maximum atomic E-state index is 2.56. The molecule has 0 atom stereocenters. The Bertz CT molecular complexity index is 244. The van der Waals surface area contributed by atoms with E-state index in [1.54, 1.807) is 0 Å². The summed E-state index contributed by atoms with van der Waals surface area (Å²) in [5.41, 5.74) is 0. The summed E-state index contributed by atoms with van der Waals surface area (Å²) in [4.78, 5) is 0. The van der Waals surface area contributed by atoms with Gasteiger partial charge in [-0.3, -0.25) is 0 Å². The first-order valence-electron chi connectivity index (χ1n) is 8.53. The van der Waals surface area contributed by atoms with Gasteiger partial charge in [0.2, 0.25) is 0 Å². The Balaban J connectivity index is 2.15. The molecule has 0 aromatic rings. The van der Waals surface area contributed by atoms with Gasteiger partial charge >= 0.3 is 0 Å². The zero-order chi connectivity index (χ0) is 13.2. The lowest BCUT2D eigenvalue weighted by molar-refractivity contribution is 0.422. The molecule has 104 valence electrons. The molecular formula is C17H33B. The van der Waals surface area contributed by atoms with Crippen LogP contribution in [0.2, 0.25) is 16.9 Å². The molecule has 1 heteroatoms. The lowest BCUT2D eigenvalue weighted by Crippen LogP contribution is -2.40. The Morgan fingerprint density at radius 1 is 0.778 bits per heavy atom. The highest BCUT2D eigenvalue weighted by atomic mass is 14.3. The molecule has 0 aromatic carbocycles. The molecule has 0 unspecified atom stereocenters. The molecule has 0 amide bonds. The number of hydrogen-bond acceptors (Lipinski definition) is 0. The second-order valence-electron chi connectivity index (χ2n) is 7.94. The highest BCUT2D eigenvalue weighted by Crippen LogP contribution is 2.54. The third-order valence-electron chi connectivity index (χ3n) is 6.41. The maximum absolute atomic E-state index is 2.56. The Morgan fingerprint density at radius 3 is 1.56 bits per heavy atom. The van der Waals surface area contributed by atoms with Crippen molar-refractivity contribution in [2.75, 3.05) is 0 Å². The van der Waals surface area contributed by atoms with Crippen molar-refractivity contribution in [2.45, 2.75) is 102 Å². The van der Waals surface area contributed by atoms with Crippen LogP contribution >= 0.6 is 0 Å². The standard InChI is InChI=1S/C17H33B/c1-14(2)17(3,4)18(16-12-8-9-13-16)15-10-6-5-7-11-15/h14-16H,5-13H2,1-4H3. The van der Waals surface area contributed by atoms with Gasteiger partial charge in [0.1, 0.15) is 0 Å². The second-order valence-corrected chi connectivity index (χ2v) is 7.94. The highest BCUT2D eigenvalue weighted by molar-refractivity contribution is 6.65. The molecule has 0 radical (unpaired) electrons. The average molecular weight is 248 g/mol. The van der Waals surface area contributed by atoms with E-state index in [4.69, 9.17) is 0 Å². The Labute approximate surface area is 115 Å². The summed E-state index contributed by atoms with van der Waals surface area (Å²) >= 11 is 0. The SMILES string of the molecule is CC(C)C(C)(C)B(C1CCCCC1)C1CCCC1. The van der Waals surface area contributed by atoms with E-state index in [2.05, 4.69) is 27.7 Å². The zero-order valence-electron chi connectivity index (χ0n) is 13.2. The normalized spacial score (nSPS) is 23.8. The van der Waals surface area contributed by atoms with Crippen LogP contribution in [0.3, 0.4) is 0 Å². The van der Waals surface area contributed by atoms with E-state index in [0.29, 0.717) is 5.31 Å². The highest BCUT2D eigenvalue weighted by Gasteiger charge is 2.45. The zero-order valence-corrected chi connectivity index (χ0v) is 13.2. The maximum Gasteiger partial charge on any atom is 0.152 e. The van der Waals surface area contributed by atoms with Gasteiger partial charge in [0.15, 0.2) is 6.71 Å². The van der Waals surface area contributed by atoms with E-state index in [-0.39, 0.29) is 0 Å². The molecule has 0 aliphatic heterocycles. The minimum atomic E-state index is 0.539. The van der Waals surface area contributed by atoms with Crippen LogP contribution in [0.1, 0.15) is 85.5 Å². The van der Waals surface area contributed by atoms with Crippen molar-refractivity contribution in [2.24, 2.45) is 5.92 Å². The summed E-state index contributed by atoms with van der Waals surface area (Å²) in [6.45, 7) is 11.0. The lowest BCUT2D eigenvalue weighted by atomic mass is 9.20. The predicted octanol–water partition coefficient (Wildman–Crippen LogP) is 6.20. The number of hydrogen-bond donors (Lipinski definition) is 0. The fourth-order valence-corrected chi connectivity index (χ4v) is 4.79. The molecule has 0 nitrogen and oxygen atoms in total. The van der Waals surface area contributed by atoms with Crippen LogP contribution < -0.4 is 0 Å². The van der Waals surface area contributed by atoms with Gasteiger partial charge in [-0.2, -0.15) is 0 Å². The largest absolute Gasteiger partial charge is 0.152 e. The molecule has 0 heterocycles. The van der Waals surface area contributed by atoms with Crippen LogP contribution in [-0.4, -0.2) is 6.71 Å². The van der Waals surface area contributed by atoms with Crippen molar-refractivity contribution in [3.8, 4) is 0 Å². The summed E-state index contributed by atoms with van der Waals surface area (Å²) in [5.74, 6) is 2.91. The van der Waals surface area contributed by atoms with Crippen molar-refractivity contribution in [1.82, 2.24) is 0 Å². The van der Waals surface area contributed by atoms with Crippen LogP contribution in [0.15, 0.2) is 0 Å². The summed E-state index contributed by atoms with van der Waals surface area (Å²) in [6.07, 6.45) is 13.6. The van der Waals surface area contributed by atoms with Gasteiger partial charge in [0, 0.05) is 0 Å². The van der Waals surface area contributed by atoms with Crippen LogP contribution in [0.5, 0.6) is 0 Å². The summed E-state index contributed by atoms with van der Waals surface area (Å²) in [6, 6.07) is 0. The van der Waals surface area contributed by atoms with Gasteiger partial charge in [-0.25, -0.2) is 0 Å². The summed E-state index contributed by atoms with van der Waals surface area (Å²) < 4.78 is 0. The summed E-state index contributed by atoms with van der Waals surface area (Å²) in [7, 11) is 0. The first-order chi connectivity index (χ1) is 8.53. The molecule has 0 saturated heterocycles. The molecule has 2 aliphatic rings. The monoisotopic (exact) mass is 248 g/mol. The minimum Gasteiger partial charge on any atom is -0.0662 e. The van der Waals surface area contributed by atoms with Gasteiger partial charge in [-0.15, -0.1) is 0 Å². The van der Waals surface area contributed by atoms with Crippen molar-refractivity contribution >= 4 is 6.71 Å². The van der Waals surface area contributed by atoms with Gasteiger partial charge < -0.3 is 0 Å². The topological polar surface area (TPSA) is 0 Å². The van der Waals surface area contributed by atoms with Crippen molar-refractivity contribution in [3.05, 3.63) is 0 Å². The first-order valence-corrected chi connectivity index (χ1v) is 8.53. The fraction of sp³-hybridized carbons (Fsp3) is 1.00. The molecule has 0 bridgehead atoms. The van der Waals surface area contributed by atoms with E-state index in [1.165, 1.54) is 57.8 Å². The van der Waals surface area contributed by atoms with Crippen molar-refractivity contribution < 1.29 is 0 Å². The van der Waals surface area contributed by atoms with Crippen LogP contribution in [-0.2, 0) is 0 Å². The first kappa shape index (κ1) is 14.5. The smallest absolute Gasteiger partial charge is 0.0662 e. The molecule has 2 aliphatic carbocycles. The number of rotatable bonds is 4. The van der Waals surface area contributed by atoms with E-state index in [1.807, 2.05) is 0 Å². The van der Waals surface area contributed by atoms with Gasteiger partial charge in [0.05, 0.1) is 0 Å². The van der Waals surface area contributed by atoms with Gasteiger partial charge in [-0.05, 0) is 5.92 Å². The van der Waals surface area contributed by atoms with Crippen LogP contribution in [0.4, 0.5) is 0 Å². The Hall–Kier alpha value is 0.0649. The van der Waals surface area contributed by atoms with E-state index < -0.39 is 0 Å². The second kappa shape index (κ2) is 6.01. The quantitative estimate of drug-likeness (QED) is 0.520.